The summed E-state index contributed by atoms with van der Waals surface area (Å²) in [5, 5.41) is 5.31. The van der Waals surface area contributed by atoms with Gasteiger partial charge in [0, 0.05) is 39.0 Å². The zero-order chi connectivity index (χ0) is 33.2. The lowest BCUT2D eigenvalue weighted by atomic mass is 10.2. The van der Waals surface area contributed by atoms with Crippen LogP contribution in [0.25, 0.3) is 0 Å². The molecule has 0 radical (unpaired) electrons. The maximum Gasteiger partial charge on any atom is 0.410 e. The first kappa shape index (κ1) is 36.9. The van der Waals surface area contributed by atoms with Crippen LogP contribution in [0.15, 0.2) is 0 Å². The van der Waals surface area contributed by atoms with E-state index in [4.69, 9.17) is 19.0 Å². The minimum absolute atomic E-state index is 0.0944. The van der Waals surface area contributed by atoms with Crippen molar-refractivity contribution in [3.8, 4) is 0 Å². The normalized spacial score (nSPS) is 13.7. The summed E-state index contributed by atoms with van der Waals surface area (Å²) in [5.74, 6) is -3.25. The van der Waals surface area contributed by atoms with Crippen molar-refractivity contribution in [3.05, 3.63) is 0 Å². The molecule has 6 amide bonds. The van der Waals surface area contributed by atoms with E-state index in [0.29, 0.717) is 5.06 Å². The summed E-state index contributed by atoms with van der Waals surface area (Å²) >= 11 is 0. The van der Waals surface area contributed by atoms with E-state index < -0.39 is 71.9 Å². The molecule has 1 heterocycles. The van der Waals surface area contributed by atoms with Crippen molar-refractivity contribution < 1.29 is 52.6 Å². The minimum atomic E-state index is -1.09. The number of nitrogens with one attached hydrogen (secondary N) is 2. The summed E-state index contributed by atoms with van der Waals surface area (Å²) in [7, 11) is 0. The molecule has 1 aliphatic heterocycles. The average Bonchev–Trinajstić information content (AvgIpc) is 3.11. The summed E-state index contributed by atoms with van der Waals surface area (Å²) in [6.45, 7) is 13.0. The quantitative estimate of drug-likeness (QED) is 0.254. The van der Waals surface area contributed by atoms with Gasteiger partial charge in [0.05, 0.1) is 0 Å². The third-order valence-electron chi connectivity index (χ3n) is 4.95. The summed E-state index contributed by atoms with van der Waals surface area (Å²) < 4.78 is 15.7. The van der Waals surface area contributed by atoms with Crippen LogP contribution in [0.5, 0.6) is 0 Å². The number of rotatable bonds is 11. The maximum absolute atomic E-state index is 13.4. The monoisotopic (exact) mass is 615 g/mol. The number of alkyl carbamates (subject to hydrolysis) is 2. The largest absolute Gasteiger partial charge is 0.444 e. The molecule has 0 bridgehead atoms. The maximum atomic E-state index is 13.4. The topological polar surface area (TPSA) is 190 Å². The van der Waals surface area contributed by atoms with Gasteiger partial charge in [-0.05, 0) is 62.3 Å². The Morgan fingerprint density at radius 2 is 1.09 bits per heavy atom. The lowest BCUT2D eigenvalue weighted by Crippen LogP contribution is -2.50. The predicted octanol–water partition coefficient (Wildman–Crippen LogP) is 1.71. The van der Waals surface area contributed by atoms with Crippen molar-refractivity contribution in [2.45, 2.75) is 92.0 Å². The van der Waals surface area contributed by atoms with Crippen LogP contribution >= 0.6 is 0 Å². The van der Waals surface area contributed by atoms with Crippen LogP contribution in [0.3, 0.4) is 0 Å². The molecule has 0 unspecified atom stereocenters. The van der Waals surface area contributed by atoms with Crippen molar-refractivity contribution >= 4 is 42.0 Å². The number of hydrogen-bond donors (Lipinski definition) is 2. The van der Waals surface area contributed by atoms with E-state index in [2.05, 4.69) is 10.6 Å². The Labute approximate surface area is 251 Å². The van der Waals surface area contributed by atoms with Gasteiger partial charge in [-0.3, -0.25) is 19.3 Å². The van der Waals surface area contributed by atoms with Crippen molar-refractivity contribution in [1.82, 2.24) is 25.5 Å². The second-order valence-electron chi connectivity index (χ2n) is 12.6. The first-order valence-corrected chi connectivity index (χ1v) is 13.8. The molecule has 0 saturated carbocycles. The number of hydroxylamine groups is 2. The second-order valence-corrected chi connectivity index (χ2v) is 12.6. The van der Waals surface area contributed by atoms with Crippen LogP contribution < -0.4 is 10.6 Å². The fourth-order valence-electron chi connectivity index (χ4n) is 3.28. The molecule has 0 aliphatic carbocycles. The van der Waals surface area contributed by atoms with Gasteiger partial charge in [0.25, 0.3) is 11.8 Å². The fourth-order valence-corrected chi connectivity index (χ4v) is 3.28. The Kier molecular flexibility index (Phi) is 13.2. The third kappa shape index (κ3) is 15.6. The number of imide groups is 1. The highest BCUT2D eigenvalue weighted by Gasteiger charge is 2.34. The predicted molar refractivity (Wildman–Crippen MR) is 150 cm³/mol. The SMILES string of the molecule is CC(C)(C)OC(=O)NCCN(CC(=O)ON1C(=O)CCC1=O)C(=O)CN(CCNC(=O)OC(C)(C)C)C(=O)OC(C)(C)C. The standard InChI is InChI=1S/C27H45N5O11/c1-25(2,3)40-22(37)28-12-14-30(17-21(36)43-32-18(33)10-11-19(32)34)20(35)16-31(24(39)42-27(7,8)9)15-13-29-23(38)41-26(4,5)6/h10-17H2,1-9H3,(H,28,37)(H,29,38). The van der Waals surface area contributed by atoms with E-state index >= 15 is 0 Å². The van der Waals surface area contributed by atoms with Crippen LogP contribution in [0.2, 0.25) is 0 Å². The van der Waals surface area contributed by atoms with E-state index in [1.54, 1.807) is 62.3 Å². The number of carbonyl (C=O) groups excluding carboxylic acids is 7. The molecule has 1 rings (SSSR count). The number of carbonyl (C=O) groups is 7. The van der Waals surface area contributed by atoms with Gasteiger partial charge in [-0.25, -0.2) is 19.2 Å². The molecular weight excluding hydrogens is 570 g/mol. The van der Waals surface area contributed by atoms with Gasteiger partial charge in [-0.2, -0.15) is 0 Å². The molecular formula is C27H45N5O11. The van der Waals surface area contributed by atoms with Gasteiger partial charge < -0.3 is 34.6 Å². The summed E-state index contributed by atoms with van der Waals surface area (Å²) in [6.07, 6.45) is -2.59. The lowest BCUT2D eigenvalue weighted by Gasteiger charge is -2.30. The minimum Gasteiger partial charge on any atom is -0.444 e. The third-order valence-corrected chi connectivity index (χ3v) is 4.95. The van der Waals surface area contributed by atoms with Crippen LogP contribution in [-0.2, 0) is 38.2 Å². The molecule has 2 N–H and O–H groups in total. The van der Waals surface area contributed by atoms with Crippen LogP contribution in [-0.4, -0.2) is 113 Å². The van der Waals surface area contributed by atoms with Gasteiger partial charge in [-0.1, -0.05) is 0 Å². The van der Waals surface area contributed by atoms with Gasteiger partial charge in [0.15, 0.2) is 0 Å². The molecule has 1 fully saturated rings. The molecule has 0 aromatic carbocycles. The number of hydrogen-bond acceptors (Lipinski definition) is 11. The lowest BCUT2D eigenvalue weighted by molar-refractivity contribution is -0.198. The zero-order valence-electron chi connectivity index (χ0n) is 26.5. The van der Waals surface area contributed by atoms with E-state index in [-0.39, 0.29) is 39.0 Å². The van der Waals surface area contributed by atoms with Gasteiger partial charge in [-0.15, -0.1) is 5.06 Å². The van der Waals surface area contributed by atoms with Crippen molar-refractivity contribution in [2.24, 2.45) is 0 Å². The molecule has 16 nitrogen and oxygen atoms in total. The van der Waals surface area contributed by atoms with E-state index in [9.17, 15) is 33.6 Å². The number of amides is 6. The van der Waals surface area contributed by atoms with Gasteiger partial charge in [0.2, 0.25) is 5.91 Å². The molecule has 244 valence electrons. The summed E-state index contributed by atoms with van der Waals surface area (Å²) in [4.78, 5) is 93.6. The molecule has 0 aromatic rings. The Bertz CT molecular complexity index is 1040. The highest BCUT2D eigenvalue weighted by atomic mass is 16.7. The highest BCUT2D eigenvalue weighted by molar-refractivity contribution is 6.01. The molecule has 1 saturated heterocycles. The fraction of sp³-hybridized carbons (Fsp3) is 0.741. The first-order valence-electron chi connectivity index (χ1n) is 13.8. The highest BCUT2D eigenvalue weighted by Crippen LogP contribution is 2.13. The number of ether oxygens (including phenoxy) is 3. The Morgan fingerprint density at radius 1 is 0.674 bits per heavy atom. The van der Waals surface area contributed by atoms with Gasteiger partial charge >= 0.3 is 24.2 Å². The van der Waals surface area contributed by atoms with Crippen LogP contribution in [0.4, 0.5) is 14.4 Å². The van der Waals surface area contributed by atoms with Crippen LogP contribution in [0.1, 0.15) is 75.2 Å². The number of nitrogens with zero attached hydrogens (tertiary/aromatic N) is 3. The molecule has 0 aromatic heterocycles. The Morgan fingerprint density at radius 3 is 1.51 bits per heavy atom. The van der Waals surface area contributed by atoms with E-state index in [1.165, 1.54) is 0 Å². The molecule has 16 heteroatoms. The summed E-state index contributed by atoms with van der Waals surface area (Å²) in [5.41, 5.74) is -2.44. The summed E-state index contributed by atoms with van der Waals surface area (Å²) in [6, 6.07) is 0. The van der Waals surface area contributed by atoms with Crippen molar-refractivity contribution in [2.75, 3.05) is 39.3 Å². The van der Waals surface area contributed by atoms with E-state index in [0.717, 1.165) is 9.80 Å². The smallest absolute Gasteiger partial charge is 0.410 e. The molecule has 0 atom stereocenters. The molecule has 0 spiro atoms. The molecule has 43 heavy (non-hydrogen) atoms. The zero-order valence-corrected chi connectivity index (χ0v) is 26.5. The van der Waals surface area contributed by atoms with Gasteiger partial charge in [0.1, 0.15) is 29.9 Å². The second kappa shape index (κ2) is 15.4. The average molecular weight is 616 g/mol. The Hall–Kier alpha value is -4.11. The molecule has 1 aliphatic rings. The van der Waals surface area contributed by atoms with Crippen molar-refractivity contribution in [3.63, 3.8) is 0 Å². The van der Waals surface area contributed by atoms with E-state index in [1.807, 2.05) is 0 Å². The van der Waals surface area contributed by atoms with Crippen LogP contribution in [0, 0.1) is 0 Å². The van der Waals surface area contributed by atoms with Crippen molar-refractivity contribution in [1.29, 1.82) is 0 Å². The Balaban J connectivity index is 3.04. The first-order chi connectivity index (χ1) is 19.6.